The van der Waals surface area contributed by atoms with Gasteiger partial charge >= 0.3 is 5.97 Å². The molecule has 9 nitrogen and oxygen atoms in total. The fourth-order valence-corrected chi connectivity index (χ4v) is 3.07. The number of aryl methyl sites for hydroxylation is 1. The average molecular weight is 405 g/mol. The third kappa shape index (κ3) is 3.52. The Morgan fingerprint density at radius 1 is 1.20 bits per heavy atom. The van der Waals surface area contributed by atoms with Crippen LogP contribution in [0.1, 0.15) is 39.0 Å². The van der Waals surface area contributed by atoms with Crippen LogP contribution in [0.5, 0.6) is 0 Å². The number of aromatic nitrogens is 4. The molecule has 0 aliphatic carbocycles. The molecule has 1 amide bonds. The van der Waals surface area contributed by atoms with Crippen molar-refractivity contribution in [1.29, 1.82) is 0 Å². The second-order valence-electron chi connectivity index (χ2n) is 6.63. The number of carbonyl (C=O) groups is 2. The molecular weight excluding hydrogens is 386 g/mol. The van der Waals surface area contributed by atoms with E-state index in [-0.39, 0.29) is 5.91 Å². The van der Waals surface area contributed by atoms with E-state index < -0.39 is 5.97 Å². The molecule has 3 aromatic heterocycles. The van der Waals surface area contributed by atoms with Gasteiger partial charge in [-0.05, 0) is 45.0 Å². The number of ether oxygens (including phenoxy) is 1. The molecule has 152 valence electrons. The summed E-state index contributed by atoms with van der Waals surface area (Å²) in [6.07, 6.45) is 2.91. The number of nitrogens with one attached hydrogen (secondary N) is 1. The predicted molar refractivity (Wildman–Crippen MR) is 109 cm³/mol. The minimum atomic E-state index is -0.419. The summed E-state index contributed by atoms with van der Waals surface area (Å²) in [5.74, 6) is -0.732. The van der Waals surface area contributed by atoms with Gasteiger partial charge in [-0.2, -0.15) is 5.10 Å². The molecule has 3 heterocycles. The van der Waals surface area contributed by atoms with Crippen LogP contribution in [0.4, 0.5) is 5.69 Å². The minimum absolute atomic E-state index is 0.292. The van der Waals surface area contributed by atoms with Gasteiger partial charge in [-0.15, -0.1) is 0 Å². The van der Waals surface area contributed by atoms with Crippen LogP contribution < -0.4 is 5.32 Å². The smallest absolute Gasteiger partial charge is 0.341 e. The highest BCUT2D eigenvalue weighted by atomic mass is 16.5. The molecule has 0 radical (unpaired) electrons. The van der Waals surface area contributed by atoms with Gasteiger partial charge in [0.05, 0.1) is 40.8 Å². The van der Waals surface area contributed by atoms with Gasteiger partial charge in [0.15, 0.2) is 0 Å². The van der Waals surface area contributed by atoms with E-state index in [1.165, 1.54) is 12.4 Å². The van der Waals surface area contributed by atoms with Gasteiger partial charge in [0.2, 0.25) is 0 Å². The lowest BCUT2D eigenvalue weighted by atomic mass is 10.2. The number of amides is 1. The first-order valence-corrected chi connectivity index (χ1v) is 9.33. The molecule has 1 N–H and O–H groups in total. The molecule has 1 aromatic carbocycles. The van der Waals surface area contributed by atoms with Crippen LogP contribution in [0.25, 0.3) is 16.8 Å². The quantitative estimate of drug-likeness (QED) is 0.506. The zero-order valence-electron chi connectivity index (χ0n) is 16.7. The summed E-state index contributed by atoms with van der Waals surface area (Å²) in [5.41, 5.74) is 3.76. The first-order valence-electron chi connectivity index (χ1n) is 9.33. The highest BCUT2D eigenvalue weighted by molar-refractivity contribution is 6.05. The van der Waals surface area contributed by atoms with Crippen LogP contribution in [0.2, 0.25) is 0 Å². The Kier molecular flexibility index (Phi) is 5.01. The van der Waals surface area contributed by atoms with Crippen molar-refractivity contribution in [3.63, 3.8) is 0 Å². The Balaban J connectivity index is 1.58. The van der Waals surface area contributed by atoms with Crippen LogP contribution >= 0.6 is 0 Å². The number of esters is 1. The van der Waals surface area contributed by atoms with Crippen LogP contribution in [0, 0.1) is 13.8 Å². The average Bonchev–Trinajstić information content (AvgIpc) is 3.31. The van der Waals surface area contributed by atoms with E-state index in [1.54, 1.807) is 49.7 Å². The Morgan fingerprint density at radius 3 is 2.83 bits per heavy atom. The SMILES string of the molecule is CCOC(=O)c1cnn(-c2cccc(NC(=O)c3cnc4onc(C)c4c3)c2)c1C. The molecule has 0 atom stereocenters. The summed E-state index contributed by atoms with van der Waals surface area (Å²) in [6.45, 7) is 5.61. The van der Waals surface area contributed by atoms with Gasteiger partial charge < -0.3 is 14.6 Å². The topological polar surface area (TPSA) is 112 Å². The Hall–Kier alpha value is -4.01. The third-order valence-electron chi connectivity index (χ3n) is 4.63. The number of carbonyl (C=O) groups excluding carboxylic acids is 2. The highest BCUT2D eigenvalue weighted by Gasteiger charge is 2.17. The molecule has 0 saturated carbocycles. The number of hydrogen-bond donors (Lipinski definition) is 1. The number of fused-ring (bicyclic) bond motifs is 1. The fraction of sp³-hybridized carbons (Fsp3) is 0.190. The molecule has 0 saturated heterocycles. The van der Waals surface area contributed by atoms with Crippen LogP contribution in [0.3, 0.4) is 0 Å². The van der Waals surface area contributed by atoms with Crippen molar-refractivity contribution < 1.29 is 18.8 Å². The number of rotatable bonds is 5. The Morgan fingerprint density at radius 2 is 2.03 bits per heavy atom. The van der Waals surface area contributed by atoms with E-state index in [0.29, 0.717) is 51.6 Å². The monoisotopic (exact) mass is 405 g/mol. The van der Waals surface area contributed by atoms with Gasteiger partial charge in [-0.1, -0.05) is 11.2 Å². The van der Waals surface area contributed by atoms with E-state index >= 15 is 0 Å². The van der Waals surface area contributed by atoms with E-state index in [4.69, 9.17) is 9.26 Å². The van der Waals surface area contributed by atoms with Crippen molar-refractivity contribution in [2.45, 2.75) is 20.8 Å². The maximum absolute atomic E-state index is 12.7. The minimum Gasteiger partial charge on any atom is -0.462 e. The zero-order chi connectivity index (χ0) is 21.3. The molecule has 4 aromatic rings. The molecule has 30 heavy (non-hydrogen) atoms. The Bertz CT molecular complexity index is 1260. The first-order chi connectivity index (χ1) is 14.5. The highest BCUT2D eigenvalue weighted by Crippen LogP contribution is 2.21. The van der Waals surface area contributed by atoms with E-state index in [9.17, 15) is 9.59 Å². The van der Waals surface area contributed by atoms with Crippen LogP contribution in [0.15, 0.2) is 47.2 Å². The molecule has 0 bridgehead atoms. The van der Waals surface area contributed by atoms with Crippen molar-refractivity contribution in [3.8, 4) is 5.69 Å². The van der Waals surface area contributed by atoms with Gasteiger partial charge in [0.1, 0.15) is 5.56 Å². The molecule has 4 rings (SSSR count). The molecule has 0 spiro atoms. The van der Waals surface area contributed by atoms with E-state index in [1.807, 2.05) is 6.07 Å². The predicted octanol–water partition coefficient (Wildman–Crippen LogP) is 3.45. The summed E-state index contributed by atoms with van der Waals surface area (Å²) < 4.78 is 11.7. The Labute approximate surface area is 171 Å². The van der Waals surface area contributed by atoms with Crippen molar-refractivity contribution >= 4 is 28.7 Å². The molecular formula is C21H19N5O4. The van der Waals surface area contributed by atoms with Gasteiger partial charge in [0, 0.05) is 11.9 Å². The van der Waals surface area contributed by atoms with Gasteiger partial charge in [-0.25, -0.2) is 14.5 Å². The summed E-state index contributed by atoms with van der Waals surface area (Å²) in [5, 5.41) is 11.7. The van der Waals surface area contributed by atoms with Crippen molar-refractivity contribution in [3.05, 3.63) is 65.2 Å². The fourth-order valence-electron chi connectivity index (χ4n) is 3.07. The maximum Gasteiger partial charge on any atom is 0.341 e. The van der Waals surface area contributed by atoms with E-state index in [2.05, 4.69) is 20.6 Å². The summed E-state index contributed by atoms with van der Waals surface area (Å²) in [7, 11) is 0. The van der Waals surface area contributed by atoms with Crippen molar-refractivity contribution in [2.24, 2.45) is 0 Å². The lowest BCUT2D eigenvalue weighted by Gasteiger charge is -2.09. The lowest BCUT2D eigenvalue weighted by molar-refractivity contribution is 0.0525. The largest absolute Gasteiger partial charge is 0.462 e. The molecule has 0 fully saturated rings. The second-order valence-corrected chi connectivity index (χ2v) is 6.63. The summed E-state index contributed by atoms with van der Waals surface area (Å²) in [6, 6.07) is 8.85. The van der Waals surface area contributed by atoms with Crippen molar-refractivity contribution in [2.75, 3.05) is 11.9 Å². The normalized spacial score (nSPS) is 10.9. The number of pyridine rings is 1. The molecule has 0 aliphatic rings. The third-order valence-corrected chi connectivity index (χ3v) is 4.63. The van der Waals surface area contributed by atoms with Crippen LogP contribution in [-0.2, 0) is 4.74 Å². The van der Waals surface area contributed by atoms with Crippen LogP contribution in [-0.4, -0.2) is 38.4 Å². The van der Waals surface area contributed by atoms with Gasteiger partial charge in [0.25, 0.3) is 11.6 Å². The molecule has 9 heteroatoms. The van der Waals surface area contributed by atoms with E-state index in [0.717, 1.165) is 0 Å². The number of hydrogen-bond acceptors (Lipinski definition) is 7. The zero-order valence-corrected chi connectivity index (χ0v) is 16.7. The summed E-state index contributed by atoms with van der Waals surface area (Å²) in [4.78, 5) is 28.8. The van der Waals surface area contributed by atoms with Crippen molar-refractivity contribution in [1.82, 2.24) is 19.9 Å². The first kappa shape index (κ1) is 19.3. The molecule has 0 aliphatic heterocycles. The molecule has 0 unspecified atom stereocenters. The van der Waals surface area contributed by atoms with Gasteiger partial charge in [-0.3, -0.25) is 4.79 Å². The number of anilines is 1. The number of benzene rings is 1. The second kappa shape index (κ2) is 7.78. The number of nitrogens with zero attached hydrogens (tertiary/aromatic N) is 4. The summed E-state index contributed by atoms with van der Waals surface area (Å²) >= 11 is 0. The lowest BCUT2D eigenvalue weighted by Crippen LogP contribution is -2.12. The standard InChI is InChI=1S/C21H19N5O4/c1-4-29-21(28)18-11-23-26(13(18)3)16-7-5-6-15(9-16)24-19(27)14-8-17-12(2)25-30-20(17)22-10-14/h5-11H,4H2,1-3H3,(H,24,27). The maximum atomic E-state index is 12.7.